The lowest BCUT2D eigenvalue weighted by Crippen LogP contribution is -2.38. The van der Waals surface area contributed by atoms with Crippen LogP contribution in [0.5, 0.6) is 0 Å². The van der Waals surface area contributed by atoms with Gasteiger partial charge in [-0.25, -0.2) is 26.3 Å². The first kappa shape index (κ1) is 25.2. The van der Waals surface area contributed by atoms with Crippen LogP contribution in [0.3, 0.4) is 0 Å². The zero-order chi connectivity index (χ0) is 26.8. The highest BCUT2D eigenvalue weighted by atomic mass is 19.2. The SMILES string of the molecule is Fc1cc(F)c(-c2cccc[n+]2Cc2cccc(C[n+]3ccccc3-c3c(F)cc(F)cc3F)c2)c(F)c1. The molecular weight excluding hydrogens is 502 g/mol. The molecule has 2 heterocycles. The Morgan fingerprint density at radius 3 is 1.24 bits per heavy atom. The summed E-state index contributed by atoms with van der Waals surface area (Å²) in [4.78, 5) is 0. The Morgan fingerprint density at radius 1 is 0.447 bits per heavy atom. The van der Waals surface area contributed by atoms with E-state index in [1.807, 2.05) is 18.2 Å². The fraction of sp³-hybridized carbons (Fsp3) is 0.0667. The van der Waals surface area contributed by atoms with Crippen LogP contribution in [0.1, 0.15) is 11.1 Å². The van der Waals surface area contributed by atoms with Crippen molar-refractivity contribution in [3.05, 3.63) is 143 Å². The lowest BCUT2D eigenvalue weighted by atomic mass is 10.1. The normalized spacial score (nSPS) is 11.1. The van der Waals surface area contributed by atoms with Gasteiger partial charge in [-0.15, -0.1) is 0 Å². The van der Waals surface area contributed by atoms with E-state index in [-0.39, 0.29) is 35.6 Å². The molecule has 0 spiro atoms. The Labute approximate surface area is 214 Å². The number of hydrogen-bond acceptors (Lipinski definition) is 0. The average molecular weight is 522 g/mol. The molecule has 0 amide bonds. The molecule has 0 fully saturated rings. The van der Waals surface area contributed by atoms with E-state index in [0.717, 1.165) is 11.1 Å². The van der Waals surface area contributed by atoms with E-state index in [2.05, 4.69) is 0 Å². The zero-order valence-electron chi connectivity index (χ0n) is 19.8. The topological polar surface area (TPSA) is 7.76 Å². The number of benzene rings is 3. The molecule has 3 aromatic carbocycles. The fourth-order valence-electron chi connectivity index (χ4n) is 4.48. The molecule has 0 atom stereocenters. The maximum absolute atomic E-state index is 14.5. The third kappa shape index (κ3) is 5.16. The van der Waals surface area contributed by atoms with Gasteiger partial charge in [-0.05, 0) is 18.2 Å². The van der Waals surface area contributed by atoms with E-state index in [4.69, 9.17) is 0 Å². The molecule has 38 heavy (non-hydrogen) atoms. The predicted molar refractivity (Wildman–Crippen MR) is 129 cm³/mol. The lowest BCUT2D eigenvalue weighted by Gasteiger charge is -2.09. The molecular formula is C30H20F6N2+2. The summed E-state index contributed by atoms with van der Waals surface area (Å²) in [5, 5.41) is 0. The van der Waals surface area contributed by atoms with Crippen molar-refractivity contribution in [3.8, 4) is 22.5 Å². The first-order chi connectivity index (χ1) is 18.3. The van der Waals surface area contributed by atoms with Crippen LogP contribution < -0.4 is 9.13 Å². The van der Waals surface area contributed by atoms with Gasteiger partial charge in [0.15, 0.2) is 25.5 Å². The standard InChI is InChI=1S/C30H20F6N2/c31-21-13-23(33)29(24(34)14-21)27-8-1-3-10-37(27)17-19-6-5-7-20(12-19)18-38-11-4-2-9-28(38)30-25(35)15-22(32)16-26(30)36/h1-16H,17-18H2/q+2. The smallest absolute Gasteiger partial charge is 0.207 e. The maximum Gasteiger partial charge on any atom is 0.218 e. The van der Waals surface area contributed by atoms with Crippen molar-refractivity contribution in [2.45, 2.75) is 13.1 Å². The summed E-state index contributed by atoms with van der Waals surface area (Å²) in [7, 11) is 0. The van der Waals surface area contributed by atoms with Crippen molar-refractivity contribution in [2.24, 2.45) is 0 Å². The van der Waals surface area contributed by atoms with Crippen molar-refractivity contribution >= 4 is 0 Å². The van der Waals surface area contributed by atoms with Gasteiger partial charge in [0.1, 0.15) is 46.0 Å². The third-order valence-electron chi connectivity index (χ3n) is 6.10. The van der Waals surface area contributed by atoms with Crippen molar-refractivity contribution in [3.63, 3.8) is 0 Å². The highest BCUT2D eigenvalue weighted by Gasteiger charge is 2.24. The number of hydrogen-bond donors (Lipinski definition) is 0. The summed E-state index contributed by atoms with van der Waals surface area (Å²) in [5.41, 5.74) is 1.37. The number of halogens is 6. The largest absolute Gasteiger partial charge is 0.218 e. The van der Waals surface area contributed by atoms with Gasteiger partial charge in [0.05, 0.1) is 0 Å². The van der Waals surface area contributed by atoms with Gasteiger partial charge in [-0.2, -0.15) is 9.13 Å². The third-order valence-corrected chi connectivity index (χ3v) is 6.10. The highest BCUT2D eigenvalue weighted by molar-refractivity contribution is 5.58. The first-order valence-electron chi connectivity index (χ1n) is 11.6. The molecule has 0 radical (unpaired) electrons. The van der Waals surface area contributed by atoms with Crippen molar-refractivity contribution < 1.29 is 35.5 Å². The van der Waals surface area contributed by atoms with Crippen LogP contribution in [0.2, 0.25) is 0 Å². The minimum Gasteiger partial charge on any atom is -0.207 e. The molecule has 0 aliphatic rings. The Balaban J connectivity index is 1.47. The van der Waals surface area contributed by atoms with Crippen LogP contribution in [0.15, 0.2) is 97.3 Å². The number of nitrogens with zero attached hydrogens (tertiary/aromatic N) is 2. The van der Waals surface area contributed by atoms with Crippen LogP contribution >= 0.6 is 0 Å². The average Bonchev–Trinajstić information content (AvgIpc) is 2.85. The summed E-state index contributed by atoms with van der Waals surface area (Å²) in [6.07, 6.45) is 3.32. The Bertz CT molecular complexity index is 1490. The minimum atomic E-state index is -1.01. The number of rotatable bonds is 6. The molecule has 2 nitrogen and oxygen atoms in total. The van der Waals surface area contributed by atoms with Crippen LogP contribution in [-0.2, 0) is 13.1 Å². The number of pyridine rings is 2. The van der Waals surface area contributed by atoms with Gasteiger partial charge in [0.2, 0.25) is 11.4 Å². The van der Waals surface area contributed by atoms with Crippen LogP contribution in [0.25, 0.3) is 22.5 Å². The quantitative estimate of drug-likeness (QED) is 0.177. The van der Waals surface area contributed by atoms with E-state index in [1.54, 1.807) is 64.0 Å². The Morgan fingerprint density at radius 2 is 0.842 bits per heavy atom. The first-order valence-corrected chi connectivity index (χ1v) is 11.6. The second-order valence-corrected chi connectivity index (χ2v) is 8.74. The number of aromatic nitrogens is 2. The van der Waals surface area contributed by atoms with Crippen LogP contribution in [0, 0.1) is 34.9 Å². The van der Waals surface area contributed by atoms with E-state index in [0.29, 0.717) is 24.3 Å². The van der Waals surface area contributed by atoms with Gasteiger partial charge >= 0.3 is 0 Å². The maximum atomic E-state index is 14.5. The molecule has 0 saturated heterocycles. The van der Waals surface area contributed by atoms with E-state index in [1.165, 1.54) is 0 Å². The summed E-state index contributed by atoms with van der Waals surface area (Å²) in [6, 6.07) is 19.7. The van der Waals surface area contributed by atoms with Crippen molar-refractivity contribution in [1.82, 2.24) is 0 Å². The summed E-state index contributed by atoms with van der Waals surface area (Å²) in [5.74, 6) is -6.04. The molecule has 0 aliphatic carbocycles. The molecule has 8 heteroatoms. The summed E-state index contributed by atoms with van der Waals surface area (Å²) >= 11 is 0. The highest BCUT2D eigenvalue weighted by Crippen LogP contribution is 2.26. The van der Waals surface area contributed by atoms with Crippen molar-refractivity contribution in [1.29, 1.82) is 0 Å². The Kier molecular flexibility index (Phi) is 6.96. The predicted octanol–water partition coefficient (Wildman–Crippen LogP) is 6.53. The zero-order valence-corrected chi connectivity index (χ0v) is 19.8. The van der Waals surface area contributed by atoms with Gasteiger partial charge in [-0.1, -0.05) is 18.2 Å². The fourth-order valence-corrected chi connectivity index (χ4v) is 4.48. The molecule has 0 bridgehead atoms. The van der Waals surface area contributed by atoms with Gasteiger partial charge in [0, 0.05) is 59.7 Å². The molecule has 0 unspecified atom stereocenters. The second-order valence-electron chi connectivity index (χ2n) is 8.74. The summed E-state index contributed by atoms with van der Waals surface area (Å²) in [6.45, 7) is 0.488. The molecule has 0 saturated carbocycles. The molecule has 190 valence electrons. The molecule has 0 N–H and O–H groups in total. The monoisotopic (exact) mass is 522 g/mol. The van der Waals surface area contributed by atoms with Gasteiger partial charge in [-0.3, -0.25) is 0 Å². The molecule has 0 aliphatic heterocycles. The minimum absolute atomic E-state index is 0.231. The second kappa shape index (κ2) is 10.5. The van der Waals surface area contributed by atoms with Crippen molar-refractivity contribution in [2.75, 3.05) is 0 Å². The Hall–Kier alpha value is -4.46. The van der Waals surface area contributed by atoms with E-state index >= 15 is 0 Å². The molecule has 2 aromatic heterocycles. The van der Waals surface area contributed by atoms with Crippen LogP contribution in [-0.4, -0.2) is 0 Å². The van der Waals surface area contributed by atoms with Gasteiger partial charge in [0.25, 0.3) is 0 Å². The van der Waals surface area contributed by atoms with Crippen LogP contribution in [0.4, 0.5) is 26.3 Å². The molecule has 5 aromatic rings. The van der Waals surface area contributed by atoms with Gasteiger partial charge < -0.3 is 0 Å². The van der Waals surface area contributed by atoms with E-state index in [9.17, 15) is 26.3 Å². The summed E-state index contributed by atoms with van der Waals surface area (Å²) < 4.78 is 88.2. The van der Waals surface area contributed by atoms with E-state index < -0.39 is 34.9 Å². The molecule has 5 rings (SSSR count). The lowest BCUT2D eigenvalue weighted by molar-refractivity contribution is -0.678.